The van der Waals surface area contributed by atoms with Crippen LogP contribution in [0.1, 0.15) is 69.1 Å². The second-order valence-electron chi connectivity index (χ2n) is 12.1. The Kier molecular flexibility index (Phi) is 9.82. The van der Waals surface area contributed by atoms with Crippen LogP contribution in [-0.4, -0.2) is 89.4 Å². The van der Waals surface area contributed by atoms with Gasteiger partial charge in [-0.25, -0.2) is 0 Å². The Labute approximate surface area is 250 Å². The molecule has 3 heterocycles. The summed E-state index contributed by atoms with van der Waals surface area (Å²) in [5.41, 5.74) is 2.83. The molecule has 0 radical (unpaired) electrons. The summed E-state index contributed by atoms with van der Waals surface area (Å²) in [6.45, 7) is 6.43. The van der Waals surface area contributed by atoms with Crippen LogP contribution in [0.4, 0.5) is 0 Å². The zero-order valence-electron chi connectivity index (χ0n) is 24.9. The minimum atomic E-state index is -1.65. The molecule has 0 bridgehead atoms. The average molecular weight is 606 g/mol. The van der Waals surface area contributed by atoms with E-state index in [2.05, 4.69) is 19.2 Å². The number of aryl methyl sites for hydroxylation is 1. The Morgan fingerprint density at radius 1 is 1.12 bits per heavy atom. The third kappa shape index (κ3) is 6.34. The van der Waals surface area contributed by atoms with Gasteiger partial charge in [0, 0.05) is 35.4 Å². The van der Waals surface area contributed by atoms with E-state index in [1.807, 2.05) is 0 Å². The van der Waals surface area contributed by atoms with Crippen molar-refractivity contribution in [3.05, 3.63) is 23.0 Å². The van der Waals surface area contributed by atoms with Crippen LogP contribution in [0.2, 0.25) is 0 Å². The van der Waals surface area contributed by atoms with Crippen molar-refractivity contribution < 1.29 is 53.4 Å². The average Bonchev–Trinajstić information content (AvgIpc) is 3.62. The van der Waals surface area contributed by atoms with Gasteiger partial charge in [0.2, 0.25) is 17.9 Å². The van der Waals surface area contributed by atoms with Crippen LogP contribution in [-0.2, 0) is 31.9 Å². The quantitative estimate of drug-likeness (QED) is 0.186. The lowest BCUT2D eigenvalue weighted by atomic mass is 9.80. The van der Waals surface area contributed by atoms with Gasteiger partial charge < -0.3 is 49.1 Å². The highest BCUT2D eigenvalue weighted by Gasteiger charge is 2.46. The maximum absolute atomic E-state index is 12.9. The standard InChI is InChI=1S/C31H43NO11/c1-4-39-30(38)16-7-8-18-19(10-16)27(43-31-26(37)25(36)24(35)21(13-33)42-31)29(40-9-5-6-15(2)3)28-23(18)20(14-41-28)17-11-22(34)32-12-17/h14-17,21,24-26,31,33,35-37H,4-13H2,1-3H3,(H,32,34)/t16-,17+,21+,24+,25-,26+,31+/m0/s1. The van der Waals surface area contributed by atoms with Crippen molar-refractivity contribution in [1.82, 2.24) is 5.32 Å². The first-order valence-corrected chi connectivity index (χ1v) is 15.3. The normalized spacial score (nSPS) is 29.0. The molecule has 238 valence electrons. The van der Waals surface area contributed by atoms with E-state index in [4.69, 9.17) is 23.4 Å². The fourth-order valence-corrected chi connectivity index (χ4v) is 6.33. The van der Waals surface area contributed by atoms with E-state index in [1.54, 1.807) is 13.2 Å². The van der Waals surface area contributed by atoms with Crippen molar-refractivity contribution in [2.75, 3.05) is 26.4 Å². The second-order valence-corrected chi connectivity index (χ2v) is 12.1. The molecule has 2 saturated heterocycles. The maximum atomic E-state index is 12.9. The summed E-state index contributed by atoms with van der Waals surface area (Å²) in [4.78, 5) is 25.0. The zero-order valence-corrected chi connectivity index (χ0v) is 24.9. The van der Waals surface area contributed by atoms with Gasteiger partial charge in [-0.2, -0.15) is 0 Å². The molecular weight excluding hydrogens is 562 g/mol. The molecule has 2 aliphatic heterocycles. The Hall–Kier alpha value is -2.90. The molecule has 43 heavy (non-hydrogen) atoms. The number of aliphatic hydroxyl groups excluding tert-OH is 4. The van der Waals surface area contributed by atoms with E-state index in [0.29, 0.717) is 49.5 Å². The summed E-state index contributed by atoms with van der Waals surface area (Å²) in [7, 11) is 0. The fourth-order valence-electron chi connectivity index (χ4n) is 6.33. The lowest BCUT2D eigenvalue weighted by Crippen LogP contribution is -2.60. The number of aliphatic hydroxyl groups is 4. The molecule has 1 amide bonds. The first kappa shape index (κ1) is 31.5. The first-order valence-electron chi connectivity index (χ1n) is 15.3. The number of carbonyl (C=O) groups excluding carboxylic acids is 2. The number of hydrogen-bond donors (Lipinski definition) is 5. The van der Waals surface area contributed by atoms with Gasteiger partial charge >= 0.3 is 5.97 Å². The predicted molar refractivity (Wildman–Crippen MR) is 153 cm³/mol. The topological polar surface area (TPSA) is 177 Å². The van der Waals surface area contributed by atoms with E-state index >= 15 is 0 Å². The number of benzene rings is 1. The predicted octanol–water partition coefficient (Wildman–Crippen LogP) is 1.70. The second kappa shape index (κ2) is 13.4. The molecule has 7 atom stereocenters. The minimum Gasteiger partial charge on any atom is -0.486 e. The van der Waals surface area contributed by atoms with Gasteiger partial charge in [0.05, 0.1) is 32.0 Å². The fraction of sp³-hybridized carbons (Fsp3) is 0.677. The number of hydrogen-bond acceptors (Lipinski definition) is 11. The van der Waals surface area contributed by atoms with Crippen LogP contribution in [0.5, 0.6) is 11.5 Å². The number of amides is 1. The molecule has 0 spiro atoms. The number of esters is 1. The van der Waals surface area contributed by atoms with Gasteiger partial charge in [-0.15, -0.1) is 0 Å². The van der Waals surface area contributed by atoms with Gasteiger partial charge in [0.1, 0.15) is 24.4 Å². The van der Waals surface area contributed by atoms with Gasteiger partial charge in [-0.05, 0) is 50.5 Å². The van der Waals surface area contributed by atoms with Crippen molar-refractivity contribution in [3.8, 4) is 11.5 Å². The number of nitrogens with one attached hydrogen (secondary N) is 1. The molecule has 0 saturated carbocycles. The lowest BCUT2D eigenvalue weighted by molar-refractivity contribution is -0.277. The monoisotopic (exact) mass is 605 g/mol. The van der Waals surface area contributed by atoms with Crippen LogP contribution >= 0.6 is 0 Å². The summed E-state index contributed by atoms with van der Waals surface area (Å²) in [5.74, 6) is -0.000303. The van der Waals surface area contributed by atoms with Crippen LogP contribution in [0.3, 0.4) is 0 Å². The Morgan fingerprint density at radius 2 is 1.91 bits per heavy atom. The molecule has 2 aromatic rings. The molecule has 12 heteroatoms. The van der Waals surface area contributed by atoms with Crippen molar-refractivity contribution in [3.63, 3.8) is 0 Å². The molecule has 5 N–H and O–H groups in total. The van der Waals surface area contributed by atoms with E-state index in [1.165, 1.54) is 0 Å². The first-order chi connectivity index (χ1) is 20.6. The van der Waals surface area contributed by atoms with E-state index < -0.39 is 43.2 Å². The summed E-state index contributed by atoms with van der Waals surface area (Å²) in [6, 6.07) is 0. The molecule has 1 aromatic heterocycles. The van der Waals surface area contributed by atoms with E-state index in [9.17, 15) is 30.0 Å². The number of ether oxygens (including phenoxy) is 4. The molecule has 1 aliphatic carbocycles. The number of carbonyl (C=O) groups is 2. The zero-order chi connectivity index (χ0) is 30.8. The Balaban J connectivity index is 1.64. The third-order valence-electron chi connectivity index (χ3n) is 8.66. The van der Waals surface area contributed by atoms with E-state index in [0.717, 1.165) is 29.4 Å². The van der Waals surface area contributed by atoms with Gasteiger partial charge in [-0.1, -0.05) is 13.8 Å². The van der Waals surface area contributed by atoms with Crippen molar-refractivity contribution in [2.24, 2.45) is 11.8 Å². The summed E-state index contributed by atoms with van der Waals surface area (Å²) in [6.07, 6.45) is -2.57. The van der Waals surface area contributed by atoms with E-state index in [-0.39, 0.29) is 42.3 Å². The minimum absolute atomic E-state index is 0.0386. The van der Waals surface area contributed by atoms with Crippen molar-refractivity contribution in [2.45, 2.75) is 95.9 Å². The van der Waals surface area contributed by atoms with Crippen LogP contribution in [0, 0.1) is 11.8 Å². The molecule has 1 aromatic carbocycles. The van der Waals surface area contributed by atoms with Crippen molar-refractivity contribution >= 4 is 22.8 Å². The molecular formula is C31H43NO11. The number of furan rings is 1. The summed E-state index contributed by atoms with van der Waals surface area (Å²) in [5, 5.41) is 45.1. The lowest BCUT2D eigenvalue weighted by Gasteiger charge is -2.40. The van der Waals surface area contributed by atoms with Gasteiger partial charge in [0.15, 0.2) is 11.3 Å². The highest BCUT2D eigenvalue weighted by molar-refractivity contribution is 5.95. The molecule has 12 nitrogen and oxygen atoms in total. The summed E-state index contributed by atoms with van der Waals surface area (Å²) >= 11 is 0. The molecule has 5 rings (SSSR count). The maximum Gasteiger partial charge on any atom is 0.309 e. The highest BCUT2D eigenvalue weighted by Crippen LogP contribution is 2.50. The largest absolute Gasteiger partial charge is 0.486 e. The smallest absolute Gasteiger partial charge is 0.309 e. The van der Waals surface area contributed by atoms with Crippen LogP contribution in [0.15, 0.2) is 10.7 Å². The van der Waals surface area contributed by atoms with Crippen LogP contribution in [0.25, 0.3) is 11.0 Å². The van der Waals surface area contributed by atoms with Crippen molar-refractivity contribution in [1.29, 1.82) is 0 Å². The number of rotatable bonds is 11. The Bertz CT molecular complexity index is 1300. The molecule has 3 aliphatic rings. The number of fused-ring (bicyclic) bond motifs is 3. The Morgan fingerprint density at radius 3 is 2.58 bits per heavy atom. The SMILES string of the molecule is CCOC(=O)[C@H]1CCc2c(c(O[C@H]3O[C@H](CO)[C@@H](O)[C@H](O)[C@H]3O)c(OCCCC(C)C)c3occ([C@H]4CNC(=O)C4)c23)C1. The van der Waals surface area contributed by atoms with Gasteiger partial charge in [0.25, 0.3) is 0 Å². The molecule has 2 fully saturated rings. The molecule has 0 unspecified atom stereocenters. The van der Waals surface area contributed by atoms with Gasteiger partial charge in [-0.3, -0.25) is 9.59 Å². The summed E-state index contributed by atoms with van der Waals surface area (Å²) < 4.78 is 29.9. The third-order valence-corrected chi connectivity index (χ3v) is 8.66. The van der Waals surface area contributed by atoms with Crippen LogP contribution < -0.4 is 14.8 Å². The highest BCUT2D eigenvalue weighted by atomic mass is 16.7.